The quantitative estimate of drug-likeness (QED) is 0.734. The fraction of sp³-hybridized carbons (Fsp3) is 0.250. The molecule has 0 aliphatic heterocycles. The van der Waals surface area contributed by atoms with Crippen molar-refractivity contribution in [3.05, 3.63) is 68.4 Å². The second-order valence-corrected chi connectivity index (χ2v) is 5.85. The Hall–Kier alpha value is -0.800. The Labute approximate surface area is 139 Å². The van der Waals surface area contributed by atoms with Crippen molar-refractivity contribution in [2.24, 2.45) is 0 Å². The van der Waals surface area contributed by atoms with Gasteiger partial charge in [0.15, 0.2) is 0 Å². The van der Waals surface area contributed by atoms with Crippen LogP contribution in [0.2, 0.25) is 15.1 Å². The molecule has 112 valence electrons. The number of benzene rings is 2. The lowest BCUT2D eigenvalue weighted by Gasteiger charge is -2.21. The van der Waals surface area contributed by atoms with E-state index in [4.69, 9.17) is 34.8 Å². The lowest BCUT2D eigenvalue weighted by molar-refractivity contribution is 0.528. The molecule has 0 aliphatic carbocycles. The molecule has 0 fully saturated rings. The zero-order valence-corrected chi connectivity index (χ0v) is 13.7. The van der Waals surface area contributed by atoms with Gasteiger partial charge in [-0.25, -0.2) is 4.39 Å². The van der Waals surface area contributed by atoms with Gasteiger partial charge in [0.05, 0.1) is 10.0 Å². The van der Waals surface area contributed by atoms with E-state index >= 15 is 0 Å². The van der Waals surface area contributed by atoms with Gasteiger partial charge in [-0.3, -0.25) is 0 Å². The lowest BCUT2D eigenvalue weighted by Crippen LogP contribution is -2.24. The predicted octanol–water partition coefficient (Wildman–Crippen LogP) is 5.68. The Kier molecular flexibility index (Phi) is 5.88. The molecule has 0 bridgehead atoms. The standard InChI is InChI=1S/C16H15Cl3FN/c1-2-21-15(10-5-3-7-13(18)16(10)19)9-11-12(17)6-4-8-14(11)20/h3-8,15,21H,2,9H2,1H3. The maximum Gasteiger partial charge on any atom is 0.127 e. The average Bonchev–Trinajstić information content (AvgIpc) is 2.45. The van der Waals surface area contributed by atoms with Crippen LogP contribution in [0.3, 0.4) is 0 Å². The van der Waals surface area contributed by atoms with Crippen molar-refractivity contribution >= 4 is 34.8 Å². The third-order valence-corrected chi connectivity index (χ3v) is 4.46. The molecule has 0 heterocycles. The van der Waals surface area contributed by atoms with Crippen LogP contribution in [0, 0.1) is 5.82 Å². The molecule has 1 unspecified atom stereocenters. The largest absolute Gasteiger partial charge is 0.310 e. The molecule has 0 saturated heterocycles. The maximum atomic E-state index is 14.0. The van der Waals surface area contributed by atoms with Crippen LogP contribution < -0.4 is 5.32 Å². The van der Waals surface area contributed by atoms with Crippen LogP contribution >= 0.6 is 34.8 Å². The Morgan fingerprint density at radius 3 is 2.38 bits per heavy atom. The summed E-state index contributed by atoms with van der Waals surface area (Å²) in [5.41, 5.74) is 1.31. The SMILES string of the molecule is CCNC(Cc1c(F)cccc1Cl)c1cccc(Cl)c1Cl. The van der Waals surface area contributed by atoms with E-state index in [2.05, 4.69) is 5.32 Å². The van der Waals surface area contributed by atoms with E-state index in [0.29, 0.717) is 27.1 Å². The maximum absolute atomic E-state index is 14.0. The Morgan fingerprint density at radius 1 is 1.05 bits per heavy atom. The van der Waals surface area contributed by atoms with Gasteiger partial charge in [0.25, 0.3) is 0 Å². The summed E-state index contributed by atoms with van der Waals surface area (Å²) in [5.74, 6) is -0.316. The first-order valence-corrected chi connectivity index (χ1v) is 7.78. The summed E-state index contributed by atoms with van der Waals surface area (Å²) in [6.07, 6.45) is 0.402. The van der Waals surface area contributed by atoms with E-state index in [1.54, 1.807) is 18.2 Å². The molecule has 2 rings (SSSR count). The normalized spacial score (nSPS) is 12.4. The minimum Gasteiger partial charge on any atom is -0.310 e. The second-order valence-electron chi connectivity index (χ2n) is 4.66. The zero-order valence-electron chi connectivity index (χ0n) is 11.5. The summed E-state index contributed by atoms with van der Waals surface area (Å²) in [4.78, 5) is 0. The van der Waals surface area contributed by atoms with E-state index < -0.39 is 0 Å². The molecule has 5 heteroatoms. The van der Waals surface area contributed by atoms with E-state index in [0.717, 1.165) is 12.1 Å². The van der Waals surface area contributed by atoms with E-state index in [-0.39, 0.29) is 11.9 Å². The molecule has 0 spiro atoms. The van der Waals surface area contributed by atoms with E-state index in [1.807, 2.05) is 19.1 Å². The van der Waals surface area contributed by atoms with Crippen molar-refractivity contribution in [1.29, 1.82) is 0 Å². The van der Waals surface area contributed by atoms with Gasteiger partial charge >= 0.3 is 0 Å². The smallest absolute Gasteiger partial charge is 0.127 e. The highest BCUT2D eigenvalue weighted by molar-refractivity contribution is 6.42. The fourth-order valence-corrected chi connectivity index (χ4v) is 2.94. The lowest BCUT2D eigenvalue weighted by atomic mass is 9.98. The van der Waals surface area contributed by atoms with Crippen LogP contribution in [-0.4, -0.2) is 6.54 Å². The molecular weight excluding hydrogens is 332 g/mol. The van der Waals surface area contributed by atoms with Crippen LogP contribution in [0.4, 0.5) is 4.39 Å². The Bertz CT molecular complexity index is 611. The van der Waals surface area contributed by atoms with Crippen molar-refractivity contribution in [2.45, 2.75) is 19.4 Å². The van der Waals surface area contributed by atoms with Gasteiger partial charge in [-0.2, -0.15) is 0 Å². The van der Waals surface area contributed by atoms with Crippen LogP contribution in [0.5, 0.6) is 0 Å². The second kappa shape index (κ2) is 7.46. The first-order chi connectivity index (χ1) is 10.0. The molecule has 0 aromatic heterocycles. The van der Waals surface area contributed by atoms with Crippen LogP contribution in [-0.2, 0) is 6.42 Å². The highest BCUT2D eigenvalue weighted by Crippen LogP contribution is 2.33. The highest BCUT2D eigenvalue weighted by atomic mass is 35.5. The Balaban J connectivity index is 2.38. The summed E-state index contributed by atoms with van der Waals surface area (Å²) in [5, 5.41) is 4.68. The molecule has 1 nitrogen and oxygen atoms in total. The van der Waals surface area contributed by atoms with E-state index in [9.17, 15) is 4.39 Å². The van der Waals surface area contributed by atoms with Crippen molar-refractivity contribution in [1.82, 2.24) is 5.32 Å². The van der Waals surface area contributed by atoms with Crippen molar-refractivity contribution < 1.29 is 4.39 Å². The average molecular weight is 347 g/mol. The minimum atomic E-state index is -0.316. The molecule has 2 aromatic rings. The van der Waals surface area contributed by atoms with Gasteiger partial charge in [0.1, 0.15) is 5.82 Å². The van der Waals surface area contributed by atoms with Gasteiger partial charge < -0.3 is 5.32 Å². The number of halogens is 4. The summed E-state index contributed by atoms with van der Waals surface area (Å²) < 4.78 is 14.0. The topological polar surface area (TPSA) is 12.0 Å². The predicted molar refractivity (Wildman–Crippen MR) is 88.0 cm³/mol. The van der Waals surface area contributed by atoms with Gasteiger partial charge in [-0.15, -0.1) is 0 Å². The van der Waals surface area contributed by atoms with E-state index in [1.165, 1.54) is 6.07 Å². The van der Waals surface area contributed by atoms with Crippen molar-refractivity contribution in [3.63, 3.8) is 0 Å². The summed E-state index contributed by atoms with van der Waals surface area (Å²) in [6, 6.07) is 9.97. The van der Waals surface area contributed by atoms with Crippen LogP contribution in [0.25, 0.3) is 0 Å². The number of likely N-dealkylation sites (N-methyl/N-ethyl adjacent to an activating group) is 1. The highest BCUT2D eigenvalue weighted by Gasteiger charge is 2.19. The molecule has 21 heavy (non-hydrogen) atoms. The summed E-state index contributed by atoms with van der Waals surface area (Å²) >= 11 is 18.4. The number of hydrogen-bond donors (Lipinski definition) is 1. The molecule has 2 aromatic carbocycles. The molecule has 1 N–H and O–H groups in total. The number of rotatable bonds is 5. The van der Waals surface area contributed by atoms with Gasteiger partial charge in [-0.1, -0.05) is 59.9 Å². The van der Waals surface area contributed by atoms with Crippen molar-refractivity contribution in [2.75, 3.05) is 6.54 Å². The molecular formula is C16H15Cl3FN. The van der Waals surface area contributed by atoms with Crippen LogP contribution in [0.15, 0.2) is 36.4 Å². The number of hydrogen-bond acceptors (Lipinski definition) is 1. The third-order valence-electron chi connectivity index (χ3n) is 3.28. The summed E-state index contributed by atoms with van der Waals surface area (Å²) in [6.45, 7) is 2.70. The monoisotopic (exact) mass is 345 g/mol. The van der Waals surface area contributed by atoms with Crippen LogP contribution in [0.1, 0.15) is 24.1 Å². The fourth-order valence-electron chi connectivity index (χ4n) is 2.26. The first kappa shape index (κ1) is 16.6. The molecule has 0 aliphatic rings. The molecule has 0 radical (unpaired) electrons. The first-order valence-electron chi connectivity index (χ1n) is 6.64. The van der Waals surface area contributed by atoms with Crippen molar-refractivity contribution in [3.8, 4) is 0 Å². The minimum absolute atomic E-state index is 0.157. The molecule has 1 atom stereocenters. The zero-order chi connectivity index (χ0) is 15.4. The Morgan fingerprint density at radius 2 is 1.71 bits per heavy atom. The molecule has 0 amide bonds. The number of nitrogens with one attached hydrogen (secondary N) is 1. The van der Waals surface area contributed by atoms with Gasteiger partial charge in [0, 0.05) is 16.6 Å². The van der Waals surface area contributed by atoms with Gasteiger partial charge in [0.2, 0.25) is 0 Å². The third kappa shape index (κ3) is 3.89. The van der Waals surface area contributed by atoms with Gasteiger partial charge in [-0.05, 0) is 36.7 Å². The molecule has 0 saturated carbocycles. The summed E-state index contributed by atoms with van der Waals surface area (Å²) in [7, 11) is 0.